The minimum atomic E-state index is -0.120. The molecule has 0 aromatic heterocycles. The molecule has 5 nitrogen and oxygen atoms in total. The van der Waals surface area contributed by atoms with Gasteiger partial charge in [-0.15, -0.1) is 0 Å². The van der Waals surface area contributed by atoms with E-state index in [9.17, 15) is 4.79 Å². The number of nitrogens with two attached hydrogens (primary N) is 1. The molecule has 1 aromatic carbocycles. The first-order valence-corrected chi connectivity index (χ1v) is 6.66. The van der Waals surface area contributed by atoms with Crippen molar-refractivity contribution in [2.75, 3.05) is 12.3 Å². The summed E-state index contributed by atoms with van der Waals surface area (Å²) >= 11 is 0. The van der Waals surface area contributed by atoms with E-state index in [4.69, 9.17) is 16.3 Å². The number of Topliss-reactive ketones (excluding diaryl/α,β-unsaturated/α-hetero) is 1. The number of nitrogens with one attached hydrogen (secondary N) is 1. The highest BCUT2D eigenvalue weighted by Gasteiger charge is 2.17. The lowest BCUT2D eigenvalue weighted by Crippen LogP contribution is -2.31. The number of hydrogen-bond donors (Lipinski definition) is 2. The van der Waals surface area contributed by atoms with Gasteiger partial charge in [-0.3, -0.25) is 4.79 Å². The van der Waals surface area contributed by atoms with Crippen LogP contribution in [0.5, 0.6) is 0 Å². The first kappa shape index (κ1) is 14.0. The molecular weight excluding hydrogens is 252 g/mol. The molecule has 1 saturated carbocycles. The second-order valence-electron chi connectivity index (χ2n) is 4.99. The molecule has 0 unspecified atom stereocenters. The molecule has 0 bridgehead atoms. The summed E-state index contributed by atoms with van der Waals surface area (Å²) in [5.74, 6) is -0.120. The Kier molecular flexibility index (Phi) is 4.34. The highest BCUT2D eigenvalue weighted by Crippen LogP contribution is 2.20. The predicted molar refractivity (Wildman–Crippen MR) is 74.9 cm³/mol. The predicted octanol–water partition coefficient (Wildman–Crippen LogP) is 1.73. The van der Waals surface area contributed by atoms with Crippen LogP contribution in [0, 0.1) is 22.7 Å². The molecule has 1 fully saturated rings. The lowest BCUT2D eigenvalue weighted by Gasteiger charge is -2.11. The van der Waals surface area contributed by atoms with Gasteiger partial charge in [0, 0.05) is 11.6 Å². The third-order valence-corrected chi connectivity index (χ3v) is 3.65. The minimum absolute atomic E-state index is 0.120. The molecule has 0 radical (unpaired) electrons. The number of nitriles is 2. The van der Waals surface area contributed by atoms with Gasteiger partial charge in [0.05, 0.1) is 23.4 Å². The van der Waals surface area contributed by atoms with Crippen molar-refractivity contribution in [1.82, 2.24) is 5.32 Å². The van der Waals surface area contributed by atoms with Crippen LogP contribution in [0.15, 0.2) is 12.1 Å². The van der Waals surface area contributed by atoms with Crippen molar-refractivity contribution >= 4 is 11.5 Å². The number of benzene rings is 1. The largest absolute Gasteiger partial charge is 0.397 e. The summed E-state index contributed by atoms with van der Waals surface area (Å²) in [6.45, 7) is 0.227. The number of hydrogen-bond acceptors (Lipinski definition) is 5. The van der Waals surface area contributed by atoms with E-state index in [1.54, 1.807) is 0 Å². The van der Waals surface area contributed by atoms with Crippen LogP contribution in [0.25, 0.3) is 0 Å². The van der Waals surface area contributed by atoms with Gasteiger partial charge in [-0.2, -0.15) is 10.5 Å². The molecule has 0 amide bonds. The molecule has 1 aliphatic carbocycles. The first-order chi connectivity index (χ1) is 9.65. The third-order valence-electron chi connectivity index (χ3n) is 3.65. The number of nitrogen functional groups attached to an aromatic ring is 1. The summed E-state index contributed by atoms with van der Waals surface area (Å²) < 4.78 is 0. The maximum absolute atomic E-state index is 12.1. The van der Waals surface area contributed by atoms with Gasteiger partial charge < -0.3 is 11.1 Å². The third kappa shape index (κ3) is 2.96. The molecule has 20 heavy (non-hydrogen) atoms. The van der Waals surface area contributed by atoms with Crippen LogP contribution in [-0.4, -0.2) is 18.4 Å². The lowest BCUT2D eigenvalue weighted by molar-refractivity contribution is 0.0987. The fraction of sp³-hybridized carbons (Fsp3) is 0.400. The Hall–Kier alpha value is -2.37. The summed E-state index contributed by atoms with van der Waals surface area (Å²) in [7, 11) is 0. The number of rotatable bonds is 4. The van der Waals surface area contributed by atoms with E-state index >= 15 is 0 Å². The van der Waals surface area contributed by atoms with Crippen LogP contribution in [0.4, 0.5) is 5.69 Å². The zero-order chi connectivity index (χ0) is 14.5. The van der Waals surface area contributed by atoms with Crippen molar-refractivity contribution in [1.29, 1.82) is 10.5 Å². The van der Waals surface area contributed by atoms with Crippen molar-refractivity contribution in [3.05, 3.63) is 28.8 Å². The van der Waals surface area contributed by atoms with Gasteiger partial charge in [0.25, 0.3) is 0 Å². The molecular formula is C15H16N4O. The Balaban J connectivity index is 2.13. The number of nitrogens with zero attached hydrogens (tertiary/aromatic N) is 2. The first-order valence-electron chi connectivity index (χ1n) is 6.66. The number of carbonyl (C=O) groups excluding carboxylic acids is 1. The number of anilines is 1. The highest BCUT2D eigenvalue weighted by atomic mass is 16.1. The Morgan fingerprint density at radius 2 is 1.80 bits per heavy atom. The quantitative estimate of drug-likeness (QED) is 0.639. The monoisotopic (exact) mass is 268 g/mol. The van der Waals surface area contributed by atoms with Crippen molar-refractivity contribution in [2.45, 2.75) is 31.7 Å². The molecule has 3 N–H and O–H groups in total. The zero-order valence-electron chi connectivity index (χ0n) is 11.1. The van der Waals surface area contributed by atoms with Gasteiger partial charge in [-0.05, 0) is 25.0 Å². The average Bonchev–Trinajstić information content (AvgIpc) is 2.98. The smallest absolute Gasteiger partial charge is 0.176 e. The maximum atomic E-state index is 12.1. The molecule has 102 valence electrons. The Morgan fingerprint density at radius 3 is 2.30 bits per heavy atom. The van der Waals surface area contributed by atoms with Gasteiger partial charge in [0.1, 0.15) is 12.1 Å². The van der Waals surface area contributed by atoms with Crippen LogP contribution in [0.2, 0.25) is 0 Å². The Labute approximate surface area is 118 Å². The van der Waals surface area contributed by atoms with Crippen molar-refractivity contribution in [3.8, 4) is 12.1 Å². The molecule has 0 atom stereocenters. The summed E-state index contributed by atoms with van der Waals surface area (Å²) in [4.78, 5) is 12.1. The molecule has 5 heteroatoms. The lowest BCUT2D eigenvalue weighted by atomic mass is 10.0. The Bertz CT molecular complexity index is 568. The highest BCUT2D eigenvalue weighted by molar-refractivity contribution is 5.99. The van der Waals surface area contributed by atoms with E-state index in [0.29, 0.717) is 11.6 Å². The van der Waals surface area contributed by atoms with E-state index in [-0.39, 0.29) is 29.1 Å². The fourth-order valence-corrected chi connectivity index (χ4v) is 2.47. The number of ketones is 1. The average molecular weight is 268 g/mol. The van der Waals surface area contributed by atoms with Crippen molar-refractivity contribution < 1.29 is 4.79 Å². The molecule has 0 saturated heterocycles. The van der Waals surface area contributed by atoms with E-state index in [1.807, 2.05) is 12.1 Å². The van der Waals surface area contributed by atoms with Crippen LogP contribution in [-0.2, 0) is 0 Å². The van der Waals surface area contributed by atoms with Crippen LogP contribution in [0.1, 0.15) is 47.2 Å². The van der Waals surface area contributed by atoms with Crippen LogP contribution in [0.3, 0.4) is 0 Å². The second kappa shape index (κ2) is 6.18. The van der Waals surface area contributed by atoms with Gasteiger partial charge in [0.2, 0.25) is 0 Å². The number of carbonyl (C=O) groups is 1. The zero-order valence-corrected chi connectivity index (χ0v) is 11.1. The van der Waals surface area contributed by atoms with Crippen LogP contribution < -0.4 is 11.1 Å². The summed E-state index contributed by atoms with van der Waals surface area (Å²) in [6, 6.07) is 7.14. The van der Waals surface area contributed by atoms with Crippen molar-refractivity contribution in [2.24, 2.45) is 0 Å². The van der Waals surface area contributed by atoms with E-state index in [1.165, 1.54) is 25.0 Å². The standard InChI is InChI=1S/C15H16N4O/c16-7-11-5-10(6-12(8-17)15(11)18)14(20)9-19-13-3-1-2-4-13/h5-6,13,19H,1-4,9,18H2. The topological polar surface area (TPSA) is 103 Å². The van der Waals surface area contributed by atoms with Gasteiger partial charge in [-0.1, -0.05) is 12.8 Å². The summed E-state index contributed by atoms with van der Waals surface area (Å²) in [6.07, 6.45) is 4.60. The van der Waals surface area contributed by atoms with E-state index < -0.39 is 0 Å². The van der Waals surface area contributed by atoms with E-state index in [0.717, 1.165) is 12.8 Å². The normalized spacial score (nSPS) is 14.7. The molecule has 0 aliphatic heterocycles. The molecule has 0 heterocycles. The molecule has 2 rings (SSSR count). The van der Waals surface area contributed by atoms with Gasteiger partial charge in [0.15, 0.2) is 5.78 Å². The van der Waals surface area contributed by atoms with Crippen LogP contribution >= 0.6 is 0 Å². The van der Waals surface area contributed by atoms with E-state index in [2.05, 4.69) is 5.32 Å². The Morgan fingerprint density at radius 1 is 1.25 bits per heavy atom. The SMILES string of the molecule is N#Cc1cc(C(=O)CNC2CCCC2)cc(C#N)c1N. The molecule has 0 spiro atoms. The minimum Gasteiger partial charge on any atom is -0.397 e. The maximum Gasteiger partial charge on any atom is 0.176 e. The van der Waals surface area contributed by atoms with Gasteiger partial charge in [-0.25, -0.2) is 0 Å². The summed E-state index contributed by atoms with van der Waals surface area (Å²) in [5.41, 5.74) is 6.52. The summed E-state index contributed by atoms with van der Waals surface area (Å²) in [5, 5.41) is 21.2. The van der Waals surface area contributed by atoms with Crippen molar-refractivity contribution in [3.63, 3.8) is 0 Å². The van der Waals surface area contributed by atoms with Gasteiger partial charge >= 0.3 is 0 Å². The fourth-order valence-electron chi connectivity index (χ4n) is 2.47. The second-order valence-corrected chi connectivity index (χ2v) is 4.99. The molecule has 1 aliphatic rings. The molecule has 1 aromatic rings.